The molecule has 0 saturated carbocycles. The molecule has 0 radical (unpaired) electrons. The van der Waals surface area contributed by atoms with Gasteiger partial charge in [-0.05, 0) is 37.6 Å². The van der Waals surface area contributed by atoms with Crippen LogP contribution in [0.2, 0.25) is 0 Å². The predicted molar refractivity (Wildman–Crippen MR) is 142 cm³/mol. The third-order valence-electron chi connectivity index (χ3n) is 6.79. The molecule has 4 rings (SSSR count). The average molecular weight is 524 g/mol. The molecule has 0 bridgehead atoms. The van der Waals surface area contributed by atoms with E-state index in [4.69, 9.17) is 4.74 Å². The Morgan fingerprint density at radius 1 is 1.14 bits per heavy atom. The topological polar surface area (TPSA) is 100 Å². The fraction of sp³-hybridized carbons (Fsp3) is 0.357. The number of fused-ring (bicyclic) bond motifs is 1. The number of nitrogens with zero attached hydrogens (tertiary/aromatic N) is 3. The summed E-state index contributed by atoms with van der Waals surface area (Å²) in [5.41, 5.74) is 2.92. The lowest BCUT2D eigenvalue weighted by Gasteiger charge is -2.37. The molecule has 1 amide bonds. The Morgan fingerprint density at radius 3 is 2.46 bits per heavy atom. The number of aliphatic hydroxyl groups is 1. The number of hydrogen-bond acceptors (Lipinski definition) is 6. The molecule has 196 valence electrons. The van der Waals surface area contributed by atoms with E-state index in [9.17, 15) is 18.3 Å². The molecule has 9 heteroatoms. The van der Waals surface area contributed by atoms with Crippen LogP contribution in [0, 0.1) is 12.8 Å². The van der Waals surface area contributed by atoms with E-state index in [1.807, 2.05) is 44.2 Å². The first-order valence-corrected chi connectivity index (χ1v) is 13.7. The van der Waals surface area contributed by atoms with Crippen molar-refractivity contribution in [1.29, 1.82) is 0 Å². The monoisotopic (exact) mass is 523 g/mol. The number of aliphatic hydroxyl groups excluding tert-OH is 1. The van der Waals surface area contributed by atoms with Crippen molar-refractivity contribution in [3.05, 3.63) is 78.0 Å². The highest BCUT2D eigenvalue weighted by Gasteiger charge is 2.36. The van der Waals surface area contributed by atoms with Gasteiger partial charge in [-0.1, -0.05) is 55.0 Å². The summed E-state index contributed by atoms with van der Waals surface area (Å²) >= 11 is 0. The van der Waals surface area contributed by atoms with Crippen LogP contribution in [-0.2, 0) is 10.0 Å². The molecule has 0 fully saturated rings. The van der Waals surface area contributed by atoms with Crippen LogP contribution >= 0.6 is 0 Å². The van der Waals surface area contributed by atoms with E-state index in [2.05, 4.69) is 4.98 Å². The van der Waals surface area contributed by atoms with Crippen molar-refractivity contribution in [2.24, 2.45) is 5.92 Å². The molecule has 1 N–H and O–H groups in total. The van der Waals surface area contributed by atoms with Crippen molar-refractivity contribution in [1.82, 2.24) is 14.2 Å². The minimum atomic E-state index is -3.75. The minimum absolute atomic E-state index is 0.0640. The lowest BCUT2D eigenvalue weighted by molar-refractivity contribution is 0.0373. The highest BCUT2D eigenvalue weighted by Crippen LogP contribution is 2.30. The largest absolute Gasteiger partial charge is 0.472 e. The Kier molecular flexibility index (Phi) is 7.96. The number of likely N-dealkylation sites (N-methyl/N-ethyl adjacent to an activating group) is 1. The molecule has 0 saturated heterocycles. The summed E-state index contributed by atoms with van der Waals surface area (Å²) in [5.74, 6) is -0.373. The zero-order valence-corrected chi connectivity index (χ0v) is 22.4. The van der Waals surface area contributed by atoms with Gasteiger partial charge in [-0.15, -0.1) is 0 Å². The summed E-state index contributed by atoms with van der Waals surface area (Å²) in [6.45, 7) is 5.74. The number of pyridine rings is 1. The molecule has 1 aliphatic heterocycles. The average Bonchev–Trinajstić information content (AvgIpc) is 2.90. The second kappa shape index (κ2) is 11.0. The number of sulfonamides is 1. The molecular weight excluding hydrogens is 490 g/mol. The number of carbonyl (C=O) groups excluding carboxylic acids is 1. The van der Waals surface area contributed by atoms with E-state index in [1.54, 1.807) is 48.4 Å². The Morgan fingerprint density at radius 2 is 1.81 bits per heavy atom. The Bertz CT molecular complexity index is 1350. The van der Waals surface area contributed by atoms with Crippen LogP contribution in [-0.4, -0.2) is 72.5 Å². The Balaban J connectivity index is 1.70. The molecule has 3 aromatic rings. The standard InChI is InChI=1S/C28H33N3O5S/c1-19-10-12-24(13-11-19)37(34,35)30(4)17-26-20(2)16-31(21(3)18-32)28(33)25-14-23(15-29-27(25)36-26)22-8-6-5-7-9-22/h5-15,20-21,26,32H,16-18H2,1-4H3/t20-,21+,26-/m0/s1. The molecule has 8 nitrogen and oxygen atoms in total. The van der Waals surface area contributed by atoms with Gasteiger partial charge in [0.05, 0.1) is 24.1 Å². The van der Waals surface area contributed by atoms with E-state index in [1.165, 1.54) is 11.4 Å². The van der Waals surface area contributed by atoms with Gasteiger partial charge in [-0.2, -0.15) is 4.31 Å². The van der Waals surface area contributed by atoms with Crippen LogP contribution in [0.5, 0.6) is 5.88 Å². The maximum Gasteiger partial charge on any atom is 0.259 e. The molecule has 2 heterocycles. The Labute approximate surface area is 218 Å². The number of rotatable bonds is 7. The first-order valence-electron chi connectivity index (χ1n) is 12.3. The fourth-order valence-corrected chi connectivity index (χ4v) is 5.53. The minimum Gasteiger partial charge on any atom is -0.472 e. The maximum absolute atomic E-state index is 13.6. The third-order valence-corrected chi connectivity index (χ3v) is 8.63. The van der Waals surface area contributed by atoms with Gasteiger partial charge < -0.3 is 14.7 Å². The van der Waals surface area contributed by atoms with Crippen molar-refractivity contribution in [3.63, 3.8) is 0 Å². The van der Waals surface area contributed by atoms with Crippen LogP contribution in [0.1, 0.15) is 29.8 Å². The lowest BCUT2D eigenvalue weighted by atomic mass is 9.99. The van der Waals surface area contributed by atoms with Crippen molar-refractivity contribution in [2.75, 3.05) is 26.7 Å². The van der Waals surface area contributed by atoms with Gasteiger partial charge in [0.1, 0.15) is 11.7 Å². The molecule has 0 unspecified atom stereocenters. The first-order chi connectivity index (χ1) is 17.6. The van der Waals surface area contributed by atoms with Gasteiger partial charge in [-0.3, -0.25) is 4.79 Å². The first kappa shape index (κ1) is 26.8. The van der Waals surface area contributed by atoms with E-state index in [0.717, 1.165) is 16.7 Å². The van der Waals surface area contributed by atoms with Crippen LogP contribution in [0.4, 0.5) is 0 Å². The lowest BCUT2D eigenvalue weighted by Crippen LogP contribution is -2.50. The molecule has 3 atom stereocenters. The summed E-state index contributed by atoms with van der Waals surface area (Å²) in [6.07, 6.45) is 1.07. The van der Waals surface area contributed by atoms with E-state index in [0.29, 0.717) is 6.54 Å². The maximum atomic E-state index is 13.6. The smallest absolute Gasteiger partial charge is 0.259 e. The Hall–Kier alpha value is -3.27. The van der Waals surface area contributed by atoms with Gasteiger partial charge in [0.2, 0.25) is 15.9 Å². The van der Waals surface area contributed by atoms with Gasteiger partial charge in [0, 0.05) is 31.3 Å². The molecule has 0 spiro atoms. The summed E-state index contributed by atoms with van der Waals surface area (Å²) in [4.78, 5) is 19.9. The highest BCUT2D eigenvalue weighted by atomic mass is 32.2. The normalized spacial score (nSPS) is 19.1. The van der Waals surface area contributed by atoms with Crippen molar-refractivity contribution < 1.29 is 23.1 Å². The number of carbonyl (C=O) groups is 1. The second-order valence-corrected chi connectivity index (χ2v) is 11.7. The van der Waals surface area contributed by atoms with Crippen LogP contribution in [0.25, 0.3) is 11.1 Å². The summed E-state index contributed by atoms with van der Waals surface area (Å²) in [6, 6.07) is 17.6. The van der Waals surface area contributed by atoms with Crippen molar-refractivity contribution in [3.8, 4) is 17.0 Å². The van der Waals surface area contributed by atoms with Crippen LogP contribution < -0.4 is 4.74 Å². The zero-order valence-electron chi connectivity index (χ0n) is 21.5. The molecule has 37 heavy (non-hydrogen) atoms. The fourth-order valence-electron chi connectivity index (χ4n) is 4.35. The number of hydrogen-bond donors (Lipinski definition) is 1. The molecule has 1 aromatic heterocycles. The molecular formula is C28H33N3O5S. The van der Waals surface area contributed by atoms with E-state index >= 15 is 0 Å². The summed E-state index contributed by atoms with van der Waals surface area (Å²) in [7, 11) is -2.23. The van der Waals surface area contributed by atoms with Gasteiger partial charge >= 0.3 is 0 Å². The van der Waals surface area contributed by atoms with Gasteiger partial charge in [-0.25, -0.2) is 13.4 Å². The summed E-state index contributed by atoms with van der Waals surface area (Å²) < 4.78 is 34.0. The highest BCUT2D eigenvalue weighted by molar-refractivity contribution is 7.89. The number of ether oxygens (including phenoxy) is 1. The third kappa shape index (κ3) is 5.69. The van der Waals surface area contributed by atoms with Crippen LogP contribution in [0.15, 0.2) is 71.8 Å². The van der Waals surface area contributed by atoms with Crippen LogP contribution in [0.3, 0.4) is 0 Å². The second-order valence-electron chi connectivity index (χ2n) is 9.66. The van der Waals surface area contributed by atoms with Crippen molar-refractivity contribution in [2.45, 2.75) is 37.8 Å². The van der Waals surface area contributed by atoms with E-state index < -0.39 is 22.2 Å². The van der Waals surface area contributed by atoms with Gasteiger partial charge in [0.25, 0.3) is 5.91 Å². The molecule has 2 aromatic carbocycles. The number of aromatic nitrogens is 1. The predicted octanol–water partition coefficient (Wildman–Crippen LogP) is 3.60. The summed E-state index contributed by atoms with van der Waals surface area (Å²) in [5, 5.41) is 9.87. The SMILES string of the molecule is Cc1ccc(S(=O)(=O)N(C)C[C@@H]2Oc3ncc(-c4ccccc4)cc3C(=O)N([C@H](C)CO)C[C@@H]2C)cc1. The number of benzene rings is 2. The molecule has 0 aliphatic carbocycles. The van der Waals surface area contributed by atoms with Gasteiger partial charge in [0.15, 0.2) is 0 Å². The van der Waals surface area contributed by atoms with Crippen molar-refractivity contribution >= 4 is 15.9 Å². The molecule has 1 aliphatic rings. The quantitative estimate of drug-likeness (QED) is 0.508. The van der Waals surface area contributed by atoms with E-state index in [-0.39, 0.29) is 41.3 Å². The number of amides is 1. The number of aryl methyl sites for hydroxylation is 1. The zero-order chi connectivity index (χ0) is 26.7.